The standard InChI is InChI=1S/C9H12N2O10/c12-4-8-7(19-9(13)20-8)3-1-2-6(21-11(16)17)5-18-10(14)15/h6,12H,1-5H2. The average molecular weight is 308 g/mol. The smallest absolute Gasteiger partial charge is 0.396 e. The Bertz CT molecular complexity index is 535. The van der Waals surface area contributed by atoms with Crippen LogP contribution in [0.4, 0.5) is 0 Å². The van der Waals surface area contributed by atoms with E-state index < -0.39 is 35.3 Å². The van der Waals surface area contributed by atoms with Gasteiger partial charge in [-0.3, -0.25) is 0 Å². The molecule has 0 aromatic carbocycles. The molecule has 0 saturated carbocycles. The highest BCUT2D eigenvalue weighted by molar-refractivity contribution is 5.01. The first-order chi connectivity index (χ1) is 9.92. The highest BCUT2D eigenvalue weighted by Crippen LogP contribution is 2.13. The summed E-state index contributed by atoms with van der Waals surface area (Å²) in [6.07, 6.45) is -0.733. The molecule has 1 atom stereocenters. The van der Waals surface area contributed by atoms with Crippen molar-refractivity contribution in [3.05, 3.63) is 42.4 Å². The lowest BCUT2D eigenvalue weighted by molar-refractivity contribution is -0.790. The summed E-state index contributed by atoms with van der Waals surface area (Å²) in [4.78, 5) is 39.4. The molecule has 12 nitrogen and oxygen atoms in total. The van der Waals surface area contributed by atoms with Gasteiger partial charge in [-0.25, -0.2) is 4.79 Å². The molecule has 0 radical (unpaired) electrons. The molecule has 21 heavy (non-hydrogen) atoms. The van der Waals surface area contributed by atoms with E-state index in [1.54, 1.807) is 0 Å². The fraction of sp³-hybridized carbons (Fsp3) is 0.667. The van der Waals surface area contributed by atoms with Gasteiger partial charge in [-0.1, -0.05) is 0 Å². The van der Waals surface area contributed by atoms with Gasteiger partial charge in [0.1, 0.15) is 19.3 Å². The predicted molar refractivity (Wildman–Crippen MR) is 60.9 cm³/mol. The molecule has 0 aliphatic rings. The van der Waals surface area contributed by atoms with E-state index in [0.29, 0.717) is 0 Å². The largest absolute Gasteiger partial charge is 0.519 e. The van der Waals surface area contributed by atoms with Gasteiger partial charge in [0.15, 0.2) is 11.5 Å². The Morgan fingerprint density at radius 2 is 1.86 bits per heavy atom. The van der Waals surface area contributed by atoms with Crippen LogP contribution in [0.15, 0.2) is 13.6 Å². The maximum Gasteiger partial charge on any atom is 0.519 e. The summed E-state index contributed by atoms with van der Waals surface area (Å²) in [5.74, 6) is -0.894. The molecule has 0 bridgehead atoms. The van der Waals surface area contributed by atoms with E-state index in [0.717, 1.165) is 0 Å². The summed E-state index contributed by atoms with van der Waals surface area (Å²) in [6, 6.07) is 0. The fourth-order valence-electron chi connectivity index (χ4n) is 1.57. The third kappa shape index (κ3) is 5.90. The van der Waals surface area contributed by atoms with Crippen LogP contribution in [0.2, 0.25) is 0 Å². The summed E-state index contributed by atoms with van der Waals surface area (Å²) in [6.45, 7) is -1.13. The Hall–Kier alpha value is -2.63. The van der Waals surface area contributed by atoms with Crippen LogP contribution in [0.1, 0.15) is 24.4 Å². The second-order valence-electron chi connectivity index (χ2n) is 3.82. The lowest BCUT2D eigenvalue weighted by Gasteiger charge is -2.12. The number of hydrogen-bond donors (Lipinski definition) is 1. The molecule has 1 N–H and O–H groups in total. The van der Waals surface area contributed by atoms with Crippen molar-refractivity contribution in [2.75, 3.05) is 6.61 Å². The number of rotatable bonds is 10. The maximum absolute atomic E-state index is 10.8. The van der Waals surface area contributed by atoms with Crippen molar-refractivity contribution >= 4 is 0 Å². The van der Waals surface area contributed by atoms with Crippen molar-refractivity contribution in [1.29, 1.82) is 0 Å². The van der Waals surface area contributed by atoms with Gasteiger partial charge in [-0.05, 0) is 12.8 Å². The average Bonchev–Trinajstić information content (AvgIpc) is 2.75. The summed E-state index contributed by atoms with van der Waals surface area (Å²) >= 11 is 0. The molecule has 12 heteroatoms. The zero-order valence-corrected chi connectivity index (χ0v) is 10.6. The molecule has 1 aromatic rings. The quantitative estimate of drug-likeness (QED) is 0.452. The van der Waals surface area contributed by atoms with Crippen molar-refractivity contribution in [3.63, 3.8) is 0 Å². The highest BCUT2D eigenvalue weighted by Gasteiger charge is 2.17. The van der Waals surface area contributed by atoms with Gasteiger partial charge in [0.05, 0.1) is 0 Å². The van der Waals surface area contributed by atoms with Crippen LogP contribution in [0.25, 0.3) is 0 Å². The van der Waals surface area contributed by atoms with E-state index in [-0.39, 0.29) is 30.8 Å². The van der Waals surface area contributed by atoms with E-state index >= 15 is 0 Å². The van der Waals surface area contributed by atoms with Gasteiger partial charge < -0.3 is 23.6 Å². The van der Waals surface area contributed by atoms with Crippen LogP contribution in [0.5, 0.6) is 0 Å². The monoisotopic (exact) mass is 308 g/mol. The second kappa shape index (κ2) is 7.84. The zero-order chi connectivity index (χ0) is 15.8. The molecular formula is C9H12N2O10. The Morgan fingerprint density at radius 1 is 1.19 bits per heavy atom. The van der Waals surface area contributed by atoms with Gasteiger partial charge in [0, 0.05) is 6.42 Å². The molecule has 0 fully saturated rings. The molecule has 0 aliphatic heterocycles. The normalized spacial score (nSPS) is 11.9. The molecular weight excluding hydrogens is 296 g/mol. The highest BCUT2D eigenvalue weighted by atomic mass is 17.0. The number of nitrogens with zero attached hydrogens (tertiary/aromatic N) is 2. The van der Waals surface area contributed by atoms with Crippen molar-refractivity contribution < 1.29 is 33.8 Å². The Kier molecular flexibility index (Phi) is 6.13. The van der Waals surface area contributed by atoms with Crippen LogP contribution in [-0.2, 0) is 22.7 Å². The summed E-state index contributed by atoms with van der Waals surface area (Å²) < 4.78 is 9.21. The first-order valence-corrected chi connectivity index (χ1v) is 5.73. The number of aliphatic hydroxyl groups is 1. The molecule has 1 heterocycles. The molecule has 1 aromatic heterocycles. The van der Waals surface area contributed by atoms with Crippen LogP contribution >= 0.6 is 0 Å². The van der Waals surface area contributed by atoms with Gasteiger partial charge in [0.2, 0.25) is 0 Å². The van der Waals surface area contributed by atoms with Crippen molar-refractivity contribution in [1.82, 2.24) is 0 Å². The van der Waals surface area contributed by atoms with Gasteiger partial charge in [-0.2, -0.15) is 0 Å². The van der Waals surface area contributed by atoms with E-state index in [9.17, 15) is 25.0 Å². The molecule has 1 rings (SSSR count). The third-order valence-corrected chi connectivity index (χ3v) is 2.40. The minimum atomic E-state index is -1.14. The Morgan fingerprint density at radius 3 is 2.43 bits per heavy atom. The zero-order valence-electron chi connectivity index (χ0n) is 10.6. The van der Waals surface area contributed by atoms with Crippen molar-refractivity contribution in [2.45, 2.75) is 32.0 Å². The van der Waals surface area contributed by atoms with E-state index in [2.05, 4.69) is 18.5 Å². The first-order valence-electron chi connectivity index (χ1n) is 5.73. The second-order valence-corrected chi connectivity index (χ2v) is 3.82. The van der Waals surface area contributed by atoms with Crippen molar-refractivity contribution in [2.24, 2.45) is 0 Å². The minimum absolute atomic E-state index is 0.0340. The third-order valence-electron chi connectivity index (χ3n) is 2.40. The number of aliphatic hydroxyl groups excluding tert-OH is 1. The van der Waals surface area contributed by atoms with E-state index in [1.165, 1.54) is 0 Å². The minimum Gasteiger partial charge on any atom is -0.396 e. The molecule has 118 valence electrons. The molecule has 1 unspecified atom stereocenters. The Balaban J connectivity index is 2.49. The fourth-order valence-corrected chi connectivity index (χ4v) is 1.57. The summed E-state index contributed by atoms with van der Waals surface area (Å²) in [5.41, 5.74) is 0. The van der Waals surface area contributed by atoms with Gasteiger partial charge in [-0.15, -0.1) is 20.2 Å². The molecule has 0 aliphatic carbocycles. The molecule has 0 spiro atoms. The van der Waals surface area contributed by atoms with Crippen LogP contribution in [-0.4, -0.2) is 28.0 Å². The first kappa shape index (κ1) is 16.4. The van der Waals surface area contributed by atoms with Crippen LogP contribution in [0, 0.1) is 20.2 Å². The van der Waals surface area contributed by atoms with E-state index in [4.69, 9.17) is 5.11 Å². The number of aryl methyl sites for hydroxylation is 1. The molecule has 0 saturated heterocycles. The van der Waals surface area contributed by atoms with Crippen LogP contribution in [0.3, 0.4) is 0 Å². The lowest BCUT2D eigenvalue weighted by Crippen LogP contribution is -2.24. The lowest BCUT2D eigenvalue weighted by atomic mass is 10.1. The predicted octanol–water partition coefficient (Wildman–Crippen LogP) is -0.167. The Labute approximate surface area is 116 Å². The SMILES string of the molecule is O=c1oc(CO)c(CCCC(CO[N+](=O)[O-])O[N+](=O)[O-])o1. The van der Waals surface area contributed by atoms with Crippen molar-refractivity contribution in [3.8, 4) is 0 Å². The molecule has 0 amide bonds. The van der Waals surface area contributed by atoms with E-state index in [1.807, 2.05) is 0 Å². The number of hydrogen-bond acceptors (Lipinski definition) is 10. The maximum atomic E-state index is 10.8. The van der Waals surface area contributed by atoms with Gasteiger partial charge in [0.25, 0.3) is 10.2 Å². The summed E-state index contributed by atoms with van der Waals surface area (Å²) in [7, 11) is 0. The van der Waals surface area contributed by atoms with Crippen LogP contribution < -0.4 is 5.82 Å². The summed E-state index contributed by atoms with van der Waals surface area (Å²) in [5, 5.41) is 27.0. The topological polar surface area (TPSA) is 168 Å². The van der Waals surface area contributed by atoms with Gasteiger partial charge >= 0.3 is 5.82 Å².